The molecule has 30 heavy (non-hydrogen) atoms. The first-order chi connectivity index (χ1) is 13.9. The van der Waals surface area contributed by atoms with Crippen LogP contribution in [0.1, 0.15) is 52.7 Å². The van der Waals surface area contributed by atoms with Gasteiger partial charge >= 0.3 is 0 Å². The van der Waals surface area contributed by atoms with Gasteiger partial charge in [-0.3, -0.25) is 10.1 Å². The van der Waals surface area contributed by atoms with Crippen molar-refractivity contribution < 1.29 is 8.42 Å². The first kappa shape index (κ1) is 22.4. The van der Waals surface area contributed by atoms with Crippen molar-refractivity contribution in [3.05, 3.63) is 58.6 Å². The van der Waals surface area contributed by atoms with E-state index in [-0.39, 0.29) is 22.5 Å². The Morgan fingerprint density at radius 2 is 1.77 bits per heavy atom. The van der Waals surface area contributed by atoms with Gasteiger partial charge in [0, 0.05) is 16.6 Å². The SMILES string of the molecule is CC(C)N1C(c2ccc(Cl)cc2NS(=O)(=O)c2ccc(C(C)(C)C)cc2)=NNC1C. The Balaban J connectivity index is 1.98. The molecule has 0 radical (unpaired) electrons. The van der Waals surface area contributed by atoms with Crippen LogP contribution in [0.15, 0.2) is 52.5 Å². The monoisotopic (exact) mass is 448 g/mol. The molecule has 2 aromatic rings. The molecule has 162 valence electrons. The summed E-state index contributed by atoms with van der Waals surface area (Å²) < 4.78 is 28.9. The van der Waals surface area contributed by atoms with Crippen LogP contribution in [0, 0.1) is 0 Å². The number of hydrazone groups is 1. The minimum Gasteiger partial charge on any atom is -0.331 e. The van der Waals surface area contributed by atoms with Crippen molar-refractivity contribution in [3.63, 3.8) is 0 Å². The van der Waals surface area contributed by atoms with Gasteiger partial charge in [-0.15, -0.1) is 0 Å². The molecule has 0 spiro atoms. The van der Waals surface area contributed by atoms with E-state index >= 15 is 0 Å². The molecule has 1 unspecified atom stereocenters. The van der Waals surface area contributed by atoms with E-state index in [9.17, 15) is 8.42 Å². The average molecular weight is 449 g/mol. The molecule has 1 heterocycles. The van der Waals surface area contributed by atoms with E-state index in [1.165, 1.54) is 0 Å². The molecule has 0 saturated carbocycles. The van der Waals surface area contributed by atoms with E-state index in [0.29, 0.717) is 22.1 Å². The minimum absolute atomic E-state index is 0.00470. The molecule has 0 saturated heterocycles. The second-order valence-corrected chi connectivity index (χ2v) is 10.9. The Bertz CT molecular complexity index is 1060. The largest absolute Gasteiger partial charge is 0.331 e. The zero-order chi connectivity index (χ0) is 22.3. The second kappa shape index (κ2) is 8.12. The number of nitrogens with zero attached hydrogens (tertiary/aromatic N) is 2. The van der Waals surface area contributed by atoms with Gasteiger partial charge in [0.2, 0.25) is 0 Å². The number of benzene rings is 2. The van der Waals surface area contributed by atoms with E-state index in [4.69, 9.17) is 11.6 Å². The highest BCUT2D eigenvalue weighted by Crippen LogP contribution is 2.29. The summed E-state index contributed by atoms with van der Waals surface area (Å²) in [4.78, 5) is 2.29. The number of hydrogen-bond acceptors (Lipinski definition) is 5. The third-order valence-electron chi connectivity index (χ3n) is 5.07. The highest BCUT2D eigenvalue weighted by Gasteiger charge is 2.30. The quantitative estimate of drug-likeness (QED) is 0.691. The van der Waals surface area contributed by atoms with Crippen LogP contribution in [0.25, 0.3) is 0 Å². The molecule has 0 bridgehead atoms. The molecule has 6 nitrogen and oxygen atoms in total. The third-order valence-corrected chi connectivity index (χ3v) is 6.69. The second-order valence-electron chi connectivity index (χ2n) is 8.81. The predicted octanol–water partition coefficient (Wildman–Crippen LogP) is 4.76. The lowest BCUT2D eigenvalue weighted by molar-refractivity contribution is 0.272. The van der Waals surface area contributed by atoms with E-state index in [0.717, 1.165) is 5.56 Å². The normalized spacial score (nSPS) is 17.1. The molecule has 3 rings (SSSR count). The Morgan fingerprint density at radius 3 is 2.33 bits per heavy atom. The number of amidine groups is 1. The summed E-state index contributed by atoms with van der Waals surface area (Å²) >= 11 is 6.19. The van der Waals surface area contributed by atoms with Crippen LogP contribution >= 0.6 is 11.6 Å². The van der Waals surface area contributed by atoms with Crippen molar-refractivity contribution in [1.29, 1.82) is 0 Å². The fourth-order valence-electron chi connectivity index (χ4n) is 3.48. The van der Waals surface area contributed by atoms with Gasteiger partial charge in [0.25, 0.3) is 10.0 Å². The molecule has 1 aliphatic rings. The Kier molecular flexibility index (Phi) is 6.07. The van der Waals surface area contributed by atoms with Crippen LogP contribution in [0.4, 0.5) is 5.69 Å². The summed E-state index contributed by atoms with van der Waals surface area (Å²) in [6, 6.07) is 12.3. The highest BCUT2D eigenvalue weighted by atomic mass is 35.5. The lowest BCUT2D eigenvalue weighted by Crippen LogP contribution is -2.43. The van der Waals surface area contributed by atoms with Crippen LogP contribution in [-0.4, -0.2) is 31.4 Å². The van der Waals surface area contributed by atoms with Crippen molar-refractivity contribution >= 4 is 33.1 Å². The fraction of sp³-hybridized carbons (Fsp3) is 0.409. The molecule has 0 amide bonds. The van der Waals surface area contributed by atoms with Crippen LogP contribution < -0.4 is 10.1 Å². The first-order valence-corrected chi connectivity index (χ1v) is 11.8. The zero-order valence-electron chi connectivity index (χ0n) is 18.2. The van der Waals surface area contributed by atoms with Gasteiger partial charge in [0.05, 0.1) is 10.6 Å². The van der Waals surface area contributed by atoms with E-state index < -0.39 is 10.0 Å². The number of sulfonamides is 1. The Labute approximate surface area is 184 Å². The molecular formula is C22H29ClN4O2S. The average Bonchev–Trinajstić information content (AvgIpc) is 3.02. The van der Waals surface area contributed by atoms with Crippen molar-refractivity contribution in [2.24, 2.45) is 5.10 Å². The van der Waals surface area contributed by atoms with E-state index in [1.54, 1.807) is 30.3 Å². The smallest absolute Gasteiger partial charge is 0.261 e. The maximum Gasteiger partial charge on any atom is 0.261 e. The molecular weight excluding hydrogens is 420 g/mol. The number of hydrogen-bond donors (Lipinski definition) is 2. The molecule has 0 aromatic heterocycles. The number of nitrogens with one attached hydrogen (secondary N) is 2. The van der Waals surface area contributed by atoms with Gasteiger partial charge in [0.1, 0.15) is 6.17 Å². The molecule has 2 aromatic carbocycles. The summed E-state index contributed by atoms with van der Waals surface area (Å²) in [7, 11) is -3.80. The van der Waals surface area contributed by atoms with Crippen molar-refractivity contribution in [2.45, 2.75) is 64.1 Å². The first-order valence-electron chi connectivity index (χ1n) is 9.95. The van der Waals surface area contributed by atoms with Crippen LogP contribution in [0.2, 0.25) is 5.02 Å². The van der Waals surface area contributed by atoms with Crippen LogP contribution in [-0.2, 0) is 15.4 Å². The maximum absolute atomic E-state index is 13.1. The number of anilines is 1. The van der Waals surface area contributed by atoms with Crippen molar-refractivity contribution in [2.75, 3.05) is 4.72 Å². The summed E-state index contributed by atoms with van der Waals surface area (Å²) in [6.07, 6.45) is 0.00470. The third kappa shape index (κ3) is 4.57. The van der Waals surface area contributed by atoms with Gasteiger partial charge in [-0.05, 0) is 62.1 Å². The fourth-order valence-corrected chi connectivity index (χ4v) is 4.73. The number of halogens is 1. The molecule has 0 fully saturated rings. The lowest BCUT2D eigenvalue weighted by atomic mass is 9.87. The summed E-state index contributed by atoms with van der Waals surface area (Å²) in [5.74, 6) is 0.676. The van der Waals surface area contributed by atoms with Crippen molar-refractivity contribution in [1.82, 2.24) is 10.3 Å². The maximum atomic E-state index is 13.1. The Hall–Kier alpha value is -2.25. The Morgan fingerprint density at radius 1 is 1.13 bits per heavy atom. The van der Waals surface area contributed by atoms with Crippen molar-refractivity contribution in [3.8, 4) is 0 Å². The molecule has 8 heteroatoms. The van der Waals surface area contributed by atoms with Gasteiger partial charge < -0.3 is 4.90 Å². The van der Waals surface area contributed by atoms with Gasteiger partial charge in [-0.2, -0.15) is 5.10 Å². The molecule has 0 aliphatic carbocycles. The number of rotatable bonds is 5. The zero-order valence-corrected chi connectivity index (χ0v) is 19.8. The summed E-state index contributed by atoms with van der Waals surface area (Å²) in [6.45, 7) is 12.4. The van der Waals surface area contributed by atoms with E-state index in [1.807, 2.05) is 19.1 Å². The van der Waals surface area contributed by atoms with Crippen LogP contribution in [0.3, 0.4) is 0 Å². The molecule has 1 atom stereocenters. The minimum atomic E-state index is -3.80. The molecule has 2 N–H and O–H groups in total. The lowest BCUT2D eigenvalue weighted by Gasteiger charge is -2.29. The molecule has 1 aliphatic heterocycles. The van der Waals surface area contributed by atoms with E-state index in [2.05, 4.69) is 54.8 Å². The standard InChI is InChI=1S/C22H29ClN4O2S/c1-14(2)27-15(3)24-25-21(27)19-12-9-17(23)13-20(19)26-30(28,29)18-10-7-16(8-11-18)22(4,5)6/h7-15,24,26H,1-6H3. The topological polar surface area (TPSA) is 73.8 Å². The summed E-state index contributed by atoms with van der Waals surface area (Å²) in [5, 5.41) is 4.88. The predicted molar refractivity (Wildman–Crippen MR) is 124 cm³/mol. The highest BCUT2D eigenvalue weighted by molar-refractivity contribution is 7.92. The van der Waals surface area contributed by atoms with Crippen LogP contribution in [0.5, 0.6) is 0 Å². The van der Waals surface area contributed by atoms with Gasteiger partial charge in [0.15, 0.2) is 5.84 Å². The van der Waals surface area contributed by atoms with Gasteiger partial charge in [-0.25, -0.2) is 8.42 Å². The van der Waals surface area contributed by atoms with Gasteiger partial charge in [-0.1, -0.05) is 44.5 Å². The summed E-state index contributed by atoms with van der Waals surface area (Å²) in [5.41, 5.74) is 5.13.